The molecule has 0 atom stereocenters. The van der Waals surface area contributed by atoms with Crippen molar-refractivity contribution < 1.29 is 4.52 Å². The summed E-state index contributed by atoms with van der Waals surface area (Å²) >= 11 is 0. The van der Waals surface area contributed by atoms with E-state index in [0.29, 0.717) is 11.9 Å². The van der Waals surface area contributed by atoms with Gasteiger partial charge >= 0.3 is 0 Å². The fourth-order valence-corrected chi connectivity index (χ4v) is 1.80. The van der Waals surface area contributed by atoms with E-state index in [-0.39, 0.29) is 0 Å². The third-order valence-electron chi connectivity index (χ3n) is 2.70. The van der Waals surface area contributed by atoms with Gasteiger partial charge < -0.3 is 9.84 Å². The third-order valence-corrected chi connectivity index (χ3v) is 2.70. The summed E-state index contributed by atoms with van der Waals surface area (Å²) in [5.41, 5.74) is 0. The molecule has 1 fully saturated rings. The second kappa shape index (κ2) is 4.72. The zero-order chi connectivity index (χ0) is 10.7. The Labute approximate surface area is 89.8 Å². The van der Waals surface area contributed by atoms with Gasteiger partial charge in [-0.25, -0.2) is 0 Å². The van der Waals surface area contributed by atoms with Crippen LogP contribution in [0.4, 0.5) is 0 Å². The van der Waals surface area contributed by atoms with Gasteiger partial charge in [0.25, 0.3) is 0 Å². The van der Waals surface area contributed by atoms with E-state index in [4.69, 9.17) is 4.52 Å². The quantitative estimate of drug-likeness (QED) is 0.769. The molecule has 1 aliphatic heterocycles. The maximum atomic E-state index is 4.97. The summed E-state index contributed by atoms with van der Waals surface area (Å²) in [7, 11) is 0. The molecule has 5 heteroatoms. The first-order valence-corrected chi connectivity index (χ1v) is 5.53. The van der Waals surface area contributed by atoms with E-state index < -0.39 is 0 Å². The lowest BCUT2D eigenvalue weighted by atomic mass is 10.1. The minimum absolute atomic E-state index is 0.642. The highest BCUT2D eigenvalue weighted by Crippen LogP contribution is 2.10. The van der Waals surface area contributed by atoms with Crippen LogP contribution in [-0.2, 0) is 6.54 Å². The van der Waals surface area contributed by atoms with E-state index in [1.165, 1.54) is 0 Å². The molecule has 0 aliphatic carbocycles. The predicted molar refractivity (Wildman–Crippen MR) is 56.4 cm³/mol. The van der Waals surface area contributed by atoms with Crippen molar-refractivity contribution in [3.8, 4) is 0 Å². The van der Waals surface area contributed by atoms with Crippen LogP contribution >= 0.6 is 0 Å². The molecule has 0 saturated carbocycles. The number of hydrogen-bond acceptors (Lipinski definition) is 5. The van der Waals surface area contributed by atoms with E-state index in [1.807, 2.05) is 6.92 Å². The highest BCUT2D eigenvalue weighted by molar-refractivity contribution is 4.90. The molecule has 2 rings (SSSR count). The first-order chi connectivity index (χ1) is 7.29. The van der Waals surface area contributed by atoms with Crippen LogP contribution < -0.4 is 5.32 Å². The van der Waals surface area contributed by atoms with Gasteiger partial charge in [-0.2, -0.15) is 4.98 Å². The monoisotopic (exact) mass is 210 g/mol. The molecule has 0 spiro atoms. The van der Waals surface area contributed by atoms with Crippen LogP contribution in [0, 0.1) is 6.92 Å². The number of aromatic nitrogens is 2. The molecule has 0 aromatic carbocycles. The van der Waals surface area contributed by atoms with Crippen LogP contribution in [0.3, 0.4) is 0 Å². The Morgan fingerprint density at radius 3 is 2.80 bits per heavy atom. The molecule has 0 bridgehead atoms. The van der Waals surface area contributed by atoms with Crippen molar-refractivity contribution >= 4 is 0 Å². The van der Waals surface area contributed by atoms with Crippen LogP contribution in [0.1, 0.15) is 25.1 Å². The third kappa shape index (κ3) is 2.54. The summed E-state index contributed by atoms with van der Waals surface area (Å²) < 4.78 is 4.97. The van der Waals surface area contributed by atoms with Gasteiger partial charge in [0.15, 0.2) is 5.82 Å². The molecular weight excluding hydrogens is 192 g/mol. The molecule has 2 heterocycles. The topological polar surface area (TPSA) is 54.2 Å². The molecule has 84 valence electrons. The Morgan fingerprint density at radius 2 is 2.33 bits per heavy atom. The van der Waals surface area contributed by atoms with Gasteiger partial charge in [-0.15, -0.1) is 0 Å². The number of aryl methyl sites for hydroxylation is 1. The molecule has 1 aromatic rings. The van der Waals surface area contributed by atoms with Gasteiger partial charge in [-0.05, 0) is 13.0 Å². The standard InChI is InChI=1S/C10H18N4O/c1-3-4-14(9-5-11-6-9)7-10-12-8(2)15-13-10/h9,11H,3-7H2,1-2H3. The molecular formula is C10H18N4O. The minimum atomic E-state index is 0.642. The first-order valence-electron chi connectivity index (χ1n) is 5.53. The maximum absolute atomic E-state index is 4.97. The van der Waals surface area contributed by atoms with E-state index in [9.17, 15) is 0 Å². The summed E-state index contributed by atoms with van der Waals surface area (Å²) in [6, 6.07) is 0.642. The van der Waals surface area contributed by atoms with Crippen LogP contribution in [0.5, 0.6) is 0 Å². The largest absolute Gasteiger partial charge is 0.340 e. The number of nitrogens with zero attached hydrogens (tertiary/aromatic N) is 3. The van der Waals surface area contributed by atoms with E-state index in [2.05, 4.69) is 27.3 Å². The predicted octanol–water partition coefficient (Wildman–Crippen LogP) is 0.562. The van der Waals surface area contributed by atoms with Crippen molar-refractivity contribution in [1.29, 1.82) is 0 Å². The molecule has 0 unspecified atom stereocenters. The molecule has 15 heavy (non-hydrogen) atoms. The number of rotatable bonds is 5. The van der Waals surface area contributed by atoms with Gasteiger partial charge in [0.2, 0.25) is 5.89 Å². The average molecular weight is 210 g/mol. The zero-order valence-corrected chi connectivity index (χ0v) is 9.36. The van der Waals surface area contributed by atoms with Gasteiger partial charge in [-0.3, -0.25) is 4.90 Å². The summed E-state index contributed by atoms with van der Waals surface area (Å²) in [6.45, 7) is 8.08. The van der Waals surface area contributed by atoms with Crippen molar-refractivity contribution in [1.82, 2.24) is 20.4 Å². The highest BCUT2D eigenvalue weighted by atomic mass is 16.5. The van der Waals surface area contributed by atoms with Crippen molar-refractivity contribution in [2.45, 2.75) is 32.9 Å². The normalized spacial score (nSPS) is 17.0. The summed E-state index contributed by atoms with van der Waals surface area (Å²) in [6.07, 6.45) is 1.16. The van der Waals surface area contributed by atoms with Crippen molar-refractivity contribution in [3.63, 3.8) is 0 Å². The van der Waals surface area contributed by atoms with Gasteiger partial charge in [0.1, 0.15) is 0 Å². The Kier molecular flexibility index (Phi) is 3.33. The lowest BCUT2D eigenvalue weighted by Gasteiger charge is -2.37. The number of hydrogen-bond donors (Lipinski definition) is 1. The van der Waals surface area contributed by atoms with Crippen molar-refractivity contribution in [2.24, 2.45) is 0 Å². The molecule has 1 N–H and O–H groups in total. The van der Waals surface area contributed by atoms with Crippen LogP contribution in [0.15, 0.2) is 4.52 Å². The molecule has 1 aromatic heterocycles. The van der Waals surface area contributed by atoms with Crippen molar-refractivity contribution in [2.75, 3.05) is 19.6 Å². The number of nitrogens with one attached hydrogen (secondary N) is 1. The second-order valence-electron chi connectivity index (χ2n) is 4.01. The van der Waals surface area contributed by atoms with Gasteiger partial charge in [-0.1, -0.05) is 12.1 Å². The Morgan fingerprint density at radius 1 is 1.53 bits per heavy atom. The van der Waals surface area contributed by atoms with E-state index in [0.717, 1.165) is 38.4 Å². The average Bonchev–Trinajstić information content (AvgIpc) is 2.48. The van der Waals surface area contributed by atoms with Crippen LogP contribution in [0.2, 0.25) is 0 Å². The SMILES string of the molecule is CCCN(Cc1noc(C)n1)C1CNC1. The molecule has 0 radical (unpaired) electrons. The second-order valence-corrected chi connectivity index (χ2v) is 4.01. The fraction of sp³-hybridized carbons (Fsp3) is 0.800. The molecule has 5 nitrogen and oxygen atoms in total. The molecule has 1 aliphatic rings. The Hall–Kier alpha value is -0.940. The van der Waals surface area contributed by atoms with Crippen LogP contribution in [0.25, 0.3) is 0 Å². The molecule has 0 amide bonds. The smallest absolute Gasteiger partial charge is 0.223 e. The van der Waals surface area contributed by atoms with Gasteiger partial charge in [0, 0.05) is 26.1 Å². The van der Waals surface area contributed by atoms with Crippen LogP contribution in [-0.4, -0.2) is 40.7 Å². The maximum Gasteiger partial charge on any atom is 0.223 e. The summed E-state index contributed by atoms with van der Waals surface area (Å²) in [4.78, 5) is 6.65. The zero-order valence-electron chi connectivity index (χ0n) is 9.36. The lowest BCUT2D eigenvalue weighted by Crippen LogP contribution is -2.57. The molecule has 1 saturated heterocycles. The minimum Gasteiger partial charge on any atom is -0.340 e. The highest BCUT2D eigenvalue weighted by Gasteiger charge is 2.24. The van der Waals surface area contributed by atoms with E-state index in [1.54, 1.807) is 0 Å². The first kappa shape index (κ1) is 10.6. The Bertz CT molecular complexity index is 308. The Balaban J connectivity index is 1.93. The summed E-state index contributed by atoms with van der Waals surface area (Å²) in [5, 5.41) is 7.22. The van der Waals surface area contributed by atoms with E-state index >= 15 is 0 Å². The fourth-order valence-electron chi connectivity index (χ4n) is 1.80. The van der Waals surface area contributed by atoms with Crippen molar-refractivity contribution in [3.05, 3.63) is 11.7 Å². The van der Waals surface area contributed by atoms with Gasteiger partial charge in [0.05, 0.1) is 6.54 Å². The summed E-state index contributed by atoms with van der Waals surface area (Å²) in [5.74, 6) is 1.45. The lowest BCUT2D eigenvalue weighted by molar-refractivity contribution is 0.133.